The van der Waals surface area contributed by atoms with Crippen molar-refractivity contribution in [3.63, 3.8) is 0 Å². The Bertz CT molecular complexity index is 584. The molecule has 0 fully saturated rings. The van der Waals surface area contributed by atoms with Crippen LogP contribution in [0.3, 0.4) is 0 Å². The molecule has 0 spiro atoms. The smallest absolute Gasteiger partial charge is 0.407 e. The Labute approximate surface area is 169 Å². The summed E-state index contributed by atoms with van der Waals surface area (Å²) in [5.74, 6) is -0.821. The minimum atomic E-state index is -0.821. The Morgan fingerprint density at radius 3 is 2.36 bits per heavy atom. The first-order valence-electron chi connectivity index (χ1n) is 10.2. The van der Waals surface area contributed by atoms with Crippen molar-refractivity contribution in [2.75, 3.05) is 6.54 Å². The molecule has 28 heavy (non-hydrogen) atoms. The first-order chi connectivity index (χ1) is 13.2. The number of aryl methyl sites for hydroxylation is 1. The molecule has 6 heteroatoms. The number of nitrogens with one attached hydrogen (secondary N) is 2. The summed E-state index contributed by atoms with van der Waals surface area (Å²) < 4.78 is 5.18. The minimum absolute atomic E-state index is 0.168. The van der Waals surface area contributed by atoms with E-state index >= 15 is 0 Å². The van der Waals surface area contributed by atoms with Crippen LogP contribution < -0.4 is 10.6 Å². The molecular formula is C22H36N2O4. The van der Waals surface area contributed by atoms with Crippen LogP contribution >= 0.6 is 0 Å². The third-order valence-electron chi connectivity index (χ3n) is 4.44. The lowest BCUT2D eigenvalue weighted by atomic mass is 10.0. The topological polar surface area (TPSA) is 87.7 Å². The van der Waals surface area contributed by atoms with E-state index in [4.69, 9.17) is 4.74 Å². The van der Waals surface area contributed by atoms with Crippen LogP contribution in [0.2, 0.25) is 0 Å². The van der Waals surface area contributed by atoms with E-state index < -0.39 is 23.7 Å². The zero-order valence-electron chi connectivity index (χ0n) is 17.7. The van der Waals surface area contributed by atoms with Gasteiger partial charge in [0.25, 0.3) is 0 Å². The van der Waals surface area contributed by atoms with E-state index in [-0.39, 0.29) is 6.04 Å². The molecule has 0 aliphatic heterocycles. The van der Waals surface area contributed by atoms with E-state index in [0.717, 1.165) is 25.7 Å². The Hall–Kier alpha value is -2.08. The monoisotopic (exact) mass is 392 g/mol. The second-order valence-electron chi connectivity index (χ2n) is 8.11. The van der Waals surface area contributed by atoms with Gasteiger partial charge in [-0.1, -0.05) is 37.3 Å². The number of carboxylic acids is 1. The molecule has 1 amide bonds. The number of ether oxygens (including phenoxy) is 1. The van der Waals surface area contributed by atoms with Gasteiger partial charge < -0.3 is 20.5 Å². The fraction of sp³-hybridized carbons (Fsp3) is 0.636. The van der Waals surface area contributed by atoms with Gasteiger partial charge in [-0.3, -0.25) is 4.79 Å². The molecule has 0 radical (unpaired) electrons. The van der Waals surface area contributed by atoms with Gasteiger partial charge >= 0.3 is 12.1 Å². The summed E-state index contributed by atoms with van der Waals surface area (Å²) >= 11 is 0. The van der Waals surface area contributed by atoms with Crippen molar-refractivity contribution in [3.05, 3.63) is 35.9 Å². The summed E-state index contributed by atoms with van der Waals surface area (Å²) in [6, 6.07) is 9.84. The number of amides is 1. The van der Waals surface area contributed by atoms with E-state index in [9.17, 15) is 14.7 Å². The lowest BCUT2D eigenvalue weighted by Gasteiger charge is -2.22. The normalized spacial score (nSPS) is 13.6. The maximum atomic E-state index is 11.6. The Balaban J connectivity index is 2.33. The quantitative estimate of drug-likeness (QED) is 0.465. The van der Waals surface area contributed by atoms with Gasteiger partial charge in [-0.25, -0.2) is 4.79 Å². The molecule has 158 valence electrons. The van der Waals surface area contributed by atoms with Crippen molar-refractivity contribution in [1.29, 1.82) is 0 Å². The summed E-state index contributed by atoms with van der Waals surface area (Å²) in [7, 11) is 0. The Kier molecular flexibility index (Phi) is 10.6. The Morgan fingerprint density at radius 1 is 1.11 bits per heavy atom. The van der Waals surface area contributed by atoms with Gasteiger partial charge in [0, 0.05) is 12.6 Å². The molecule has 1 aromatic rings. The lowest BCUT2D eigenvalue weighted by Crippen LogP contribution is -2.43. The summed E-state index contributed by atoms with van der Waals surface area (Å²) in [5.41, 5.74) is 0.750. The van der Waals surface area contributed by atoms with E-state index in [1.54, 1.807) is 0 Å². The summed E-state index contributed by atoms with van der Waals surface area (Å²) in [5, 5.41) is 15.5. The van der Waals surface area contributed by atoms with Gasteiger partial charge in [0.1, 0.15) is 11.6 Å². The first-order valence-corrected chi connectivity index (χ1v) is 10.2. The van der Waals surface area contributed by atoms with Gasteiger partial charge in [0.2, 0.25) is 0 Å². The number of hydrogen-bond acceptors (Lipinski definition) is 4. The molecule has 6 nitrogen and oxygen atoms in total. The lowest BCUT2D eigenvalue weighted by molar-refractivity contribution is -0.140. The molecule has 0 aliphatic carbocycles. The SMILES string of the molecule is CCC(CCc1ccccc1)N[C@@H](CCCCNC(=O)OC(C)(C)C)C(=O)O. The van der Waals surface area contributed by atoms with E-state index in [0.29, 0.717) is 19.4 Å². The number of carbonyl (C=O) groups is 2. The largest absolute Gasteiger partial charge is 0.480 e. The molecule has 0 aliphatic rings. The van der Waals surface area contributed by atoms with Crippen LogP contribution in [0.25, 0.3) is 0 Å². The Morgan fingerprint density at radius 2 is 1.79 bits per heavy atom. The van der Waals surface area contributed by atoms with Crippen LogP contribution in [0.5, 0.6) is 0 Å². The zero-order chi connectivity index (χ0) is 21.0. The molecule has 0 bridgehead atoms. The fourth-order valence-electron chi connectivity index (χ4n) is 2.93. The molecule has 0 heterocycles. The number of rotatable bonds is 12. The number of unbranched alkanes of at least 4 members (excludes halogenated alkanes) is 1. The molecule has 0 aromatic heterocycles. The van der Waals surface area contributed by atoms with Crippen LogP contribution in [0.4, 0.5) is 4.79 Å². The van der Waals surface area contributed by atoms with Crippen molar-refractivity contribution in [2.24, 2.45) is 0 Å². The predicted octanol–water partition coefficient (Wildman–Crippen LogP) is 4.14. The van der Waals surface area contributed by atoms with Gasteiger partial charge in [-0.05, 0) is 64.9 Å². The maximum absolute atomic E-state index is 11.6. The second-order valence-corrected chi connectivity index (χ2v) is 8.11. The average Bonchev–Trinajstić information content (AvgIpc) is 2.62. The van der Waals surface area contributed by atoms with Crippen molar-refractivity contribution >= 4 is 12.1 Å². The molecule has 1 aromatic carbocycles. The molecule has 1 rings (SSSR count). The number of aliphatic carboxylic acids is 1. The second kappa shape index (κ2) is 12.4. The minimum Gasteiger partial charge on any atom is -0.480 e. The highest BCUT2D eigenvalue weighted by Crippen LogP contribution is 2.10. The number of carbonyl (C=O) groups excluding carboxylic acids is 1. The molecule has 2 atom stereocenters. The zero-order valence-corrected chi connectivity index (χ0v) is 17.7. The highest BCUT2D eigenvalue weighted by Gasteiger charge is 2.20. The number of benzene rings is 1. The van der Waals surface area contributed by atoms with Crippen molar-refractivity contribution in [3.8, 4) is 0 Å². The highest BCUT2D eigenvalue weighted by molar-refractivity contribution is 5.73. The molecule has 0 saturated heterocycles. The summed E-state index contributed by atoms with van der Waals surface area (Å²) in [6.07, 6.45) is 4.25. The van der Waals surface area contributed by atoms with Gasteiger partial charge in [0.05, 0.1) is 0 Å². The molecule has 1 unspecified atom stereocenters. The first kappa shape index (κ1) is 24.0. The highest BCUT2D eigenvalue weighted by atomic mass is 16.6. The van der Waals surface area contributed by atoms with E-state index in [1.807, 2.05) is 39.0 Å². The van der Waals surface area contributed by atoms with Crippen LogP contribution in [-0.2, 0) is 16.0 Å². The van der Waals surface area contributed by atoms with Crippen LogP contribution in [-0.4, -0.2) is 41.4 Å². The third kappa shape index (κ3) is 10.9. The van der Waals surface area contributed by atoms with Gasteiger partial charge in [-0.15, -0.1) is 0 Å². The number of carboxylic acid groups (broad SMARTS) is 1. The summed E-state index contributed by atoms with van der Waals surface area (Å²) in [6.45, 7) is 8.01. The van der Waals surface area contributed by atoms with Crippen molar-refractivity contribution in [1.82, 2.24) is 10.6 Å². The van der Waals surface area contributed by atoms with E-state index in [1.165, 1.54) is 5.56 Å². The number of hydrogen-bond donors (Lipinski definition) is 3. The third-order valence-corrected chi connectivity index (χ3v) is 4.44. The standard InChI is InChI=1S/C22H36N2O4/c1-5-18(15-14-17-11-7-6-8-12-17)24-19(20(25)26)13-9-10-16-23-21(27)28-22(2,3)4/h6-8,11-12,18-19,24H,5,9-10,13-16H2,1-4H3,(H,23,27)(H,25,26)/t18?,19-/m0/s1. The molecule has 0 saturated carbocycles. The van der Waals surface area contributed by atoms with Crippen LogP contribution in [0, 0.1) is 0 Å². The maximum Gasteiger partial charge on any atom is 0.407 e. The molecular weight excluding hydrogens is 356 g/mol. The average molecular weight is 393 g/mol. The van der Waals surface area contributed by atoms with Gasteiger partial charge in [-0.2, -0.15) is 0 Å². The summed E-state index contributed by atoms with van der Waals surface area (Å²) in [4.78, 5) is 23.2. The molecule has 3 N–H and O–H groups in total. The number of alkyl carbamates (subject to hydrolysis) is 1. The van der Waals surface area contributed by atoms with Crippen molar-refractivity contribution in [2.45, 2.75) is 83.9 Å². The van der Waals surface area contributed by atoms with E-state index in [2.05, 4.69) is 29.7 Å². The predicted molar refractivity (Wildman–Crippen MR) is 111 cm³/mol. The van der Waals surface area contributed by atoms with Crippen molar-refractivity contribution < 1.29 is 19.4 Å². The van der Waals surface area contributed by atoms with Crippen LogP contribution in [0.1, 0.15) is 65.4 Å². The fourth-order valence-corrected chi connectivity index (χ4v) is 2.93. The van der Waals surface area contributed by atoms with Gasteiger partial charge in [0.15, 0.2) is 0 Å². The van der Waals surface area contributed by atoms with Crippen LogP contribution in [0.15, 0.2) is 30.3 Å².